The summed E-state index contributed by atoms with van der Waals surface area (Å²) in [6.45, 7) is 1.35. The first kappa shape index (κ1) is 11.7. The van der Waals surface area contributed by atoms with E-state index in [1.165, 1.54) is 0 Å². The Labute approximate surface area is 100 Å². The number of likely N-dealkylation sites (N-methyl/N-ethyl adjacent to an activating group) is 1. The zero-order chi connectivity index (χ0) is 12.3. The Morgan fingerprint density at radius 3 is 2.94 bits per heavy atom. The van der Waals surface area contributed by atoms with E-state index in [0.29, 0.717) is 6.79 Å². The zero-order valence-electron chi connectivity index (χ0n) is 9.81. The van der Waals surface area contributed by atoms with E-state index in [1.54, 1.807) is 0 Å². The molecular weight excluding hydrogens is 220 g/mol. The third-order valence-electron chi connectivity index (χ3n) is 2.64. The number of rotatable bonds is 5. The quantitative estimate of drug-likeness (QED) is 0.802. The highest BCUT2D eigenvalue weighted by Crippen LogP contribution is 2.32. The number of carbonyl (C=O) groups excluding carboxylic acids is 1. The molecule has 92 valence electrons. The predicted molar refractivity (Wildman–Crippen MR) is 63.0 cm³/mol. The Bertz CT molecular complexity index is 420. The van der Waals surface area contributed by atoms with Crippen LogP contribution in [0.1, 0.15) is 5.56 Å². The molecule has 0 fully saturated rings. The molecule has 0 aliphatic carbocycles. The highest BCUT2D eigenvalue weighted by molar-refractivity contribution is 5.75. The van der Waals surface area contributed by atoms with Crippen molar-refractivity contribution in [2.45, 2.75) is 6.42 Å². The Balaban J connectivity index is 1.89. The third kappa shape index (κ3) is 3.10. The van der Waals surface area contributed by atoms with E-state index in [1.807, 2.05) is 30.1 Å². The Morgan fingerprint density at radius 2 is 2.18 bits per heavy atom. The number of nitrogens with two attached hydrogens (primary N) is 1. The van der Waals surface area contributed by atoms with Gasteiger partial charge in [0, 0.05) is 6.54 Å². The van der Waals surface area contributed by atoms with Crippen LogP contribution in [0.4, 0.5) is 0 Å². The number of nitrogens with zero attached hydrogens (tertiary/aromatic N) is 1. The van der Waals surface area contributed by atoms with Crippen LogP contribution in [-0.2, 0) is 11.2 Å². The van der Waals surface area contributed by atoms with Gasteiger partial charge >= 0.3 is 0 Å². The van der Waals surface area contributed by atoms with Crippen LogP contribution in [0.2, 0.25) is 0 Å². The first-order valence-electron chi connectivity index (χ1n) is 5.50. The number of fused-ring (bicyclic) bond motifs is 1. The maximum absolute atomic E-state index is 10.7. The molecule has 1 aliphatic rings. The van der Waals surface area contributed by atoms with Gasteiger partial charge in [0.05, 0.1) is 6.54 Å². The van der Waals surface area contributed by atoms with Gasteiger partial charge in [-0.15, -0.1) is 0 Å². The lowest BCUT2D eigenvalue weighted by atomic mass is 10.1. The minimum Gasteiger partial charge on any atom is -0.454 e. The lowest BCUT2D eigenvalue weighted by molar-refractivity contribution is -0.118. The lowest BCUT2D eigenvalue weighted by Gasteiger charge is -2.14. The fourth-order valence-electron chi connectivity index (χ4n) is 1.76. The molecule has 0 atom stereocenters. The molecule has 0 saturated heterocycles. The monoisotopic (exact) mass is 236 g/mol. The number of hydrogen-bond donors (Lipinski definition) is 1. The van der Waals surface area contributed by atoms with Crippen LogP contribution >= 0.6 is 0 Å². The largest absolute Gasteiger partial charge is 0.454 e. The molecule has 1 aromatic rings. The van der Waals surface area contributed by atoms with Gasteiger partial charge in [-0.05, 0) is 31.2 Å². The molecule has 0 radical (unpaired) electrons. The molecule has 0 unspecified atom stereocenters. The zero-order valence-corrected chi connectivity index (χ0v) is 9.81. The molecule has 5 heteroatoms. The van der Waals surface area contributed by atoms with Gasteiger partial charge < -0.3 is 15.2 Å². The number of amides is 1. The standard InChI is InChI=1S/C12H16N2O3/c1-14(7-12(13)15)5-4-9-2-3-10-11(6-9)17-8-16-10/h2-3,6H,4-5,7-8H2,1H3,(H2,13,15). The molecule has 1 aromatic carbocycles. The number of hydrogen-bond acceptors (Lipinski definition) is 4. The van der Waals surface area contributed by atoms with E-state index in [0.717, 1.165) is 30.0 Å². The van der Waals surface area contributed by atoms with Crippen molar-refractivity contribution in [3.63, 3.8) is 0 Å². The average molecular weight is 236 g/mol. The van der Waals surface area contributed by atoms with E-state index < -0.39 is 0 Å². The summed E-state index contributed by atoms with van der Waals surface area (Å²) in [6, 6.07) is 5.89. The summed E-state index contributed by atoms with van der Waals surface area (Å²) < 4.78 is 10.5. The van der Waals surface area contributed by atoms with Crippen LogP contribution in [0.25, 0.3) is 0 Å². The van der Waals surface area contributed by atoms with Crippen LogP contribution in [0.5, 0.6) is 11.5 Å². The molecule has 5 nitrogen and oxygen atoms in total. The summed E-state index contributed by atoms with van der Waals surface area (Å²) in [5.74, 6) is 1.28. The molecule has 1 amide bonds. The Hall–Kier alpha value is -1.75. The second kappa shape index (κ2) is 5.05. The van der Waals surface area contributed by atoms with Crippen molar-refractivity contribution in [2.24, 2.45) is 5.73 Å². The van der Waals surface area contributed by atoms with Gasteiger partial charge in [-0.3, -0.25) is 9.69 Å². The van der Waals surface area contributed by atoms with Gasteiger partial charge in [-0.2, -0.15) is 0 Å². The maximum atomic E-state index is 10.7. The molecule has 2 N–H and O–H groups in total. The van der Waals surface area contributed by atoms with Crippen LogP contribution in [0.15, 0.2) is 18.2 Å². The number of primary amides is 1. The van der Waals surface area contributed by atoms with Crippen molar-refractivity contribution in [1.29, 1.82) is 0 Å². The van der Waals surface area contributed by atoms with Gasteiger partial charge in [0.1, 0.15) is 0 Å². The summed E-state index contributed by atoms with van der Waals surface area (Å²) in [5, 5.41) is 0. The summed E-state index contributed by atoms with van der Waals surface area (Å²) >= 11 is 0. The van der Waals surface area contributed by atoms with Crippen LogP contribution in [0.3, 0.4) is 0 Å². The van der Waals surface area contributed by atoms with Crippen LogP contribution < -0.4 is 15.2 Å². The minimum absolute atomic E-state index is 0.282. The maximum Gasteiger partial charge on any atom is 0.231 e. The summed E-state index contributed by atoms with van der Waals surface area (Å²) in [4.78, 5) is 12.6. The molecule has 0 saturated carbocycles. The molecule has 2 rings (SSSR count). The number of ether oxygens (including phenoxy) is 2. The molecule has 1 heterocycles. The topological polar surface area (TPSA) is 64.8 Å². The van der Waals surface area contributed by atoms with Crippen LogP contribution in [0, 0.1) is 0 Å². The summed E-state index contributed by atoms with van der Waals surface area (Å²) in [6.07, 6.45) is 0.848. The molecule has 17 heavy (non-hydrogen) atoms. The van der Waals surface area contributed by atoms with Crippen molar-refractivity contribution in [3.05, 3.63) is 23.8 Å². The van der Waals surface area contributed by atoms with E-state index in [2.05, 4.69) is 0 Å². The van der Waals surface area contributed by atoms with Gasteiger partial charge in [0.25, 0.3) is 0 Å². The Morgan fingerprint density at radius 1 is 1.41 bits per heavy atom. The third-order valence-corrected chi connectivity index (χ3v) is 2.64. The second-order valence-electron chi connectivity index (χ2n) is 4.14. The molecule has 1 aliphatic heterocycles. The van der Waals surface area contributed by atoms with Crippen LogP contribution in [-0.4, -0.2) is 37.7 Å². The normalized spacial score (nSPS) is 13.1. The van der Waals surface area contributed by atoms with Crippen molar-refractivity contribution in [1.82, 2.24) is 4.90 Å². The van der Waals surface area contributed by atoms with Crippen molar-refractivity contribution in [2.75, 3.05) is 26.9 Å². The minimum atomic E-state index is -0.307. The molecular formula is C12H16N2O3. The number of carbonyl (C=O) groups is 1. The fourth-order valence-corrected chi connectivity index (χ4v) is 1.76. The van der Waals surface area contributed by atoms with Gasteiger partial charge in [0.15, 0.2) is 11.5 Å². The summed E-state index contributed by atoms with van der Waals surface area (Å²) in [7, 11) is 1.87. The first-order chi connectivity index (χ1) is 8.15. The van der Waals surface area contributed by atoms with E-state index in [4.69, 9.17) is 15.2 Å². The second-order valence-corrected chi connectivity index (χ2v) is 4.14. The van der Waals surface area contributed by atoms with Gasteiger partial charge in [0.2, 0.25) is 12.7 Å². The predicted octanol–water partition coefficient (Wildman–Crippen LogP) is 0.375. The van der Waals surface area contributed by atoms with Gasteiger partial charge in [-0.25, -0.2) is 0 Å². The van der Waals surface area contributed by atoms with E-state index in [-0.39, 0.29) is 12.5 Å². The van der Waals surface area contributed by atoms with E-state index in [9.17, 15) is 4.79 Å². The highest BCUT2D eigenvalue weighted by Gasteiger charge is 2.13. The average Bonchev–Trinajstić information content (AvgIpc) is 2.72. The first-order valence-corrected chi connectivity index (χ1v) is 5.50. The molecule has 0 spiro atoms. The molecule has 0 aromatic heterocycles. The fraction of sp³-hybridized carbons (Fsp3) is 0.417. The SMILES string of the molecule is CN(CCc1ccc2c(c1)OCO2)CC(N)=O. The number of benzene rings is 1. The Kier molecular flexibility index (Phi) is 3.49. The lowest BCUT2D eigenvalue weighted by Crippen LogP contribution is -2.32. The van der Waals surface area contributed by atoms with Crippen molar-refractivity contribution >= 4 is 5.91 Å². The van der Waals surface area contributed by atoms with Crippen molar-refractivity contribution in [3.8, 4) is 11.5 Å². The smallest absolute Gasteiger partial charge is 0.231 e. The summed E-state index contributed by atoms with van der Waals surface area (Å²) in [5.41, 5.74) is 6.28. The van der Waals surface area contributed by atoms with Crippen molar-refractivity contribution < 1.29 is 14.3 Å². The molecule has 0 bridgehead atoms. The highest BCUT2D eigenvalue weighted by atomic mass is 16.7. The van der Waals surface area contributed by atoms with E-state index >= 15 is 0 Å². The van der Waals surface area contributed by atoms with Gasteiger partial charge in [-0.1, -0.05) is 6.07 Å².